The van der Waals surface area contributed by atoms with Crippen LogP contribution < -0.4 is 11.1 Å². The average molecular weight is 172 g/mol. The molecule has 0 heterocycles. The van der Waals surface area contributed by atoms with Gasteiger partial charge in [-0.1, -0.05) is 13.5 Å². The van der Waals surface area contributed by atoms with Gasteiger partial charge in [-0.05, 0) is 12.8 Å². The fourth-order valence-corrected chi connectivity index (χ4v) is 0.781. The molecule has 0 aliphatic rings. The van der Waals surface area contributed by atoms with Crippen LogP contribution in [0.1, 0.15) is 19.8 Å². The van der Waals surface area contributed by atoms with Crippen LogP contribution >= 0.6 is 0 Å². The molecular formula is C8H16N2O2. The Kier molecular flexibility index (Phi) is 4.92. The summed E-state index contributed by atoms with van der Waals surface area (Å²) in [5, 5.41) is 11.4. The van der Waals surface area contributed by atoms with Gasteiger partial charge in [-0.15, -0.1) is 0 Å². The second-order valence-corrected chi connectivity index (χ2v) is 2.83. The van der Waals surface area contributed by atoms with Crippen LogP contribution in [0, 0.1) is 5.92 Å². The number of carboxylic acids is 1. The zero-order valence-corrected chi connectivity index (χ0v) is 7.34. The maximum atomic E-state index is 10.4. The fraction of sp³-hybridized carbons (Fsp3) is 0.625. The summed E-state index contributed by atoms with van der Waals surface area (Å²) in [5.41, 5.74) is 5.25. The monoisotopic (exact) mass is 172 g/mol. The van der Waals surface area contributed by atoms with E-state index in [0.29, 0.717) is 18.8 Å². The first-order valence-electron chi connectivity index (χ1n) is 3.95. The lowest BCUT2D eigenvalue weighted by molar-refractivity contribution is -0.141. The van der Waals surface area contributed by atoms with E-state index in [9.17, 15) is 4.79 Å². The smallest absolute Gasteiger partial charge is 0.306 e. The van der Waals surface area contributed by atoms with E-state index in [1.54, 1.807) is 6.92 Å². The van der Waals surface area contributed by atoms with Crippen molar-refractivity contribution in [3.8, 4) is 0 Å². The summed E-state index contributed by atoms with van der Waals surface area (Å²) < 4.78 is 0. The summed E-state index contributed by atoms with van der Waals surface area (Å²) >= 11 is 0. The molecule has 0 rings (SSSR count). The van der Waals surface area contributed by atoms with Gasteiger partial charge in [0.05, 0.1) is 11.7 Å². The molecule has 0 aromatic carbocycles. The second kappa shape index (κ2) is 5.46. The van der Waals surface area contributed by atoms with Crippen molar-refractivity contribution in [3.63, 3.8) is 0 Å². The van der Waals surface area contributed by atoms with E-state index in [4.69, 9.17) is 10.8 Å². The minimum absolute atomic E-state index is 0.280. The summed E-state index contributed by atoms with van der Waals surface area (Å²) in [7, 11) is 0. The summed E-state index contributed by atoms with van der Waals surface area (Å²) in [6.45, 7) is 5.84. The van der Waals surface area contributed by atoms with Crippen LogP contribution in [0.3, 0.4) is 0 Å². The number of nitrogens with two attached hydrogens (primary N) is 1. The molecule has 0 aliphatic carbocycles. The highest BCUT2D eigenvalue weighted by Crippen LogP contribution is 2.03. The molecule has 1 atom stereocenters. The number of aliphatic carboxylic acids is 1. The lowest BCUT2D eigenvalue weighted by Crippen LogP contribution is -2.21. The number of carbonyl (C=O) groups is 1. The topological polar surface area (TPSA) is 75.3 Å². The minimum Gasteiger partial charge on any atom is -0.481 e. The summed E-state index contributed by atoms with van der Waals surface area (Å²) in [5.74, 6) is -0.600. The molecule has 0 spiro atoms. The molecule has 0 aliphatic heterocycles. The van der Waals surface area contributed by atoms with E-state index >= 15 is 0 Å². The van der Waals surface area contributed by atoms with Crippen molar-refractivity contribution in [2.75, 3.05) is 6.54 Å². The number of rotatable bonds is 6. The van der Waals surface area contributed by atoms with Crippen LogP contribution in [-0.2, 0) is 4.79 Å². The Labute approximate surface area is 72.4 Å². The van der Waals surface area contributed by atoms with Gasteiger partial charge in [0.25, 0.3) is 0 Å². The van der Waals surface area contributed by atoms with Crippen LogP contribution in [0.25, 0.3) is 0 Å². The first kappa shape index (κ1) is 10.8. The normalized spacial score (nSPS) is 12.1. The first-order valence-corrected chi connectivity index (χ1v) is 3.95. The van der Waals surface area contributed by atoms with Gasteiger partial charge in [-0.25, -0.2) is 0 Å². The van der Waals surface area contributed by atoms with Crippen molar-refractivity contribution in [1.82, 2.24) is 5.32 Å². The Morgan fingerprint density at radius 3 is 2.75 bits per heavy atom. The van der Waals surface area contributed by atoms with Gasteiger partial charge in [0.15, 0.2) is 0 Å². The number of hydrogen-bond donors (Lipinski definition) is 3. The highest BCUT2D eigenvalue weighted by molar-refractivity contribution is 5.69. The molecule has 0 aromatic heterocycles. The molecule has 0 saturated heterocycles. The third-order valence-electron chi connectivity index (χ3n) is 1.59. The SMILES string of the molecule is C=C(N)NCCCC(C)C(=O)O. The van der Waals surface area contributed by atoms with Crippen molar-refractivity contribution >= 4 is 5.97 Å². The predicted octanol–water partition coefficient (Wildman–Crippen LogP) is 0.507. The van der Waals surface area contributed by atoms with Crippen LogP contribution in [0.5, 0.6) is 0 Å². The molecule has 70 valence electrons. The van der Waals surface area contributed by atoms with E-state index in [0.717, 1.165) is 6.42 Å². The molecule has 0 fully saturated rings. The van der Waals surface area contributed by atoms with Gasteiger partial charge >= 0.3 is 5.97 Å². The Hall–Kier alpha value is -1.19. The highest BCUT2D eigenvalue weighted by atomic mass is 16.4. The zero-order chi connectivity index (χ0) is 9.56. The average Bonchev–Trinajstić information content (AvgIpc) is 1.97. The van der Waals surface area contributed by atoms with Crippen LogP contribution in [0.4, 0.5) is 0 Å². The molecule has 0 amide bonds. The van der Waals surface area contributed by atoms with Gasteiger partial charge in [0.2, 0.25) is 0 Å². The summed E-state index contributed by atoms with van der Waals surface area (Å²) in [6.07, 6.45) is 1.46. The molecule has 0 saturated carbocycles. The highest BCUT2D eigenvalue weighted by Gasteiger charge is 2.08. The molecule has 0 bridgehead atoms. The molecule has 4 heteroatoms. The fourth-order valence-electron chi connectivity index (χ4n) is 0.781. The van der Waals surface area contributed by atoms with Crippen molar-refractivity contribution < 1.29 is 9.90 Å². The Balaban J connectivity index is 3.31. The van der Waals surface area contributed by atoms with Crippen molar-refractivity contribution in [2.45, 2.75) is 19.8 Å². The molecular weight excluding hydrogens is 156 g/mol. The first-order chi connectivity index (χ1) is 5.54. The van der Waals surface area contributed by atoms with Gasteiger partial charge in [-0.3, -0.25) is 4.79 Å². The third kappa shape index (κ3) is 5.58. The van der Waals surface area contributed by atoms with Crippen LogP contribution in [0.15, 0.2) is 12.4 Å². The molecule has 4 N–H and O–H groups in total. The van der Waals surface area contributed by atoms with E-state index in [2.05, 4.69) is 11.9 Å². The molecule has 0 aromatic rings. The predicted molar refractivity (Wildman–Crippen MR) is 47.4 cm³/mol. The maximum Gasteiger partial charge on any atom is 0.306 e. The van der Waals surface area contributed by atoms with Gasteiger partial charge in [0.1, 0.15) is 0 Å². The molecule has 12 heavy (non-hydrogen) atoms. The molecule has 0 radical (unpaired) electrons. The quantitative estimate of drug-likeness (QED) is 0.510. The summed E-state index contributed by atoms with van der Waals surface area (Å²) in [6, 6.07) is 0. The zero-order valence-electron chi connectivity index (χ0n) is 7.34. The number of carboxylic acid groups (broad SMARTS) is 1. The van der Waals surface area contributed by atoms with Crippen molar-refractivity contribution in [3.05, 3.63) is 12.4 Å². The van der Waals surface area contributed by atoms with Crippen LogP contribution in [0.2, 0.25) is 0 Å². The van der Waals surface area contributed by atoms with E-state index in [-0.39, 0.29) is 5.92 Å². The van der Waals surface area contributed by atoms with E-state index < -0.39 is 5.97 Å². The molecule has 4 nitrogen and oxygen atoms in total. The lowest BCUT2D eigenvalue weighted by atomic mass is 10.1. The number of nitrogens with one attached hydrogen (secondary N) is 1. The third-order valence-corrected chi connectivity index (χ3v) is 1.59. The Morgan fingerprint density at radius 1 is 1.75 bits per heavy atom. The minimum atomic E-state index is -0.749. The van der Waals surface area contributed by atoms with Gasteiger partial charge < -0.3 is 16.2 Å². The Bertz CT molecular complexity index is 168. The van der Waals surface area contributed by atoms with E-state index in [1.807, 2.05) is 0 Å². The van der Waals surface area contributed by atoms with Crippen molar-refractivity contribution in [2.24, 2.45) is 11.7 Å². The molecule has 1 unspecified atom stereocenters. The van der Waals surface area contributed by atoms with Gasteiger partial charge in [-0.2, -0.15) is 0 Å². The Morgan fingerprint density at radius 2 is 2.33 bits per heavy atom. The van der Waals surface area contributed by atoms with Crippen LogP contribution in [-0.4, -0.2) is 17.6 Å². The van der Waals surface area contributed by atoms with Gasteiger partial charge in [0, 0.05) is 6.54 Å². The largest absolute Gasteiger partial charge is 0.481 e. The maximum absolute atomic E-state index is 10.4. The summed E-state index contributed by atoms with van der Waals surface area (Å²) in [4.78, 5) is 10.4. The lowest BCUT2D eigenvalue weighted by Gasteiger charge is -2.06. The standard InChI is InChI=1S/C8H16N2O2/c1-6(8(11)12)4-3-5-10-7(2)9/h6,10H,2-5,9H2,1H3,(H,11,12). The number of hydrogen-bond acceptors (Lipinski definition) is 3. The second-order valence-electron chi connectivity index (χ2n) is 2.83. The van der Waals surface area contributed by atoms with E-state index in [1.165, 1.54) is 0 Å². The van der Waals surface area contributed by atoms with Crippen molar-refractivity contribution in [1.29, 1.82) is 0 Å².